The zero-order chi connectivity index (χ0) is 11.5. The zero-order valence-electron chi connectivity index (χ0n) is 8.57. The molecule has 82 valence electrons. The molecule has 0 N–H and O–H groups in total. The highest BCUT2D eigenvalue weighted by Crippen LogP contribution is 2.20. The van der Waals surface area contributed by atoms with Crippen molar-refractivity contribution >= 4 is 33.2 Å². The van der Waals surface area contributed by atoms with E-state index in [-0.39, 0.29) is 5.97 Å². The van der Waals surface area contributed by atoms with E-state index < -0.39 is 0 Å². The summed E-state index contributed by atoms with van der Waals surface area (Å²) in [6.07, 6.45) is 0. The number of carbonyl (C=O) groups excluding carboxylic acids is 1. The van der Waals surface area contributed by atoms with Crippen LogP contribution in [0.5, 0.6) is 5.75 Å². The fourth-order valence-electron chi connectivity index (χ4n) is 1.20. The van der Waals surface area contributed by atoms with Crippen LogP contribution in [0.25, 0.3) is 0 Å². The lowest BCUT2D eigenvalue weighted by molar-refractivity contribution is 0.0740. The van der Waals surface area contributed by atoms with Crippen LogP contribution < -0.4 is 4.74 Å². The number of thiophene rings is 1. The molecule has 16 heavy (non-hydrogen) atoms. The predicted molar refractivity (Wildman–Crippen MR) is 68.2 cm³/mol. The molecule has 4 heteroatoms. The van der Waals surface area contributed by atoms with E-state index in [0.29, 0.717) is 10.6 Å². The molecule has 0 fully saturated rings. The van der Waals surface area contributed by atoms with Crippen LogP contribution in [-0.2, 0) is 0 Å². The Hall–Kier alpha value is -1.13. The third-order valence-electron chi connectivity index (χ3n) is 1.97. The minimum absolute atomic E-state index is 0.305. The molecule has 1 aromatic carbocycles. The molecule has 1 aromatic heterocycles. The molecular weight excluding hydrogens is 288 g/mol. The van der Waals surface area contributed by atoms with Gasteiger partial charge in [0, 0.05) is 9.35 Å². The summed E-state index contributed by atoms with van der Waals surface area (Å²) >= 11 is 4.76. The zero-order valence-corrected chi connectivity index (χ0v) is 11.0. The second-order valence-electron chi connectivity index (χ2n) is 3.25. The number of hydrogen-bond donors (Lipinski definition) is 0. The summed E-state index contributed by atoms with van der Waals surface area (Å²) in [5.74, 6) is 0.250. The van der Waals surface area contributed by atoms with E-state index in [1.807, 2.05) is 25.1 Å². The molecule has 0 saturated carbocycles. The Morgan fingerprint density at radius 3 is 2.44 bits per heavy atom. The van der Waals surface area contributed by atoms with Crippen LogP contribution in [0.4, 0.5) is 0 Å². The highest BCUT2D eigenvalue weighted by molar-refractivity contribution is 9.10. The largest absolute Gasteiger partial charge is 0.422 e. The van der Waals surface area contributed by atoms with Gasteiger partial charge in [-0.25, -0.2) is 4.79 Å². The minimum atomic E-state index is -0.305. The number of carbonyl (C=O) groups is 1. The smallest absolute Gasteiger partial charge is 0.353 e. The van der Waals surface area contributed by atoms with Gasteiger partial charge in [-0.05, 0) is 43.3 Å². The van der Waals surface area contributed by atoms with Gasteiger partial charge < -0.3 is 4.74 Å². The molecule has 0 bridgehead atoms. The topological polar surface area (TPSA) is 26.3 Å². The van der Waals surface area contributed by atoms with E-state index in [0.717, 1.165) is 9.35 Å². The fourth-order valence-corrected chi connectivity index (χ4v) is 2.21. The molecule has 0 spiro atoms. The van der Waals surface area contributed by atoms with Crippen molar-refractivity contribution in [1.29, 1.82) is 0 Å². The van der Waals surface area contributed by atoms with Crippen LogP contribution in [0, 0.1) is 6.92 Å². The van der Waals surface area contributed by atoms with Crippen LogP contribution in [0.3, 0.4) is 0 Å². The molecule has 0 radical (unpaired) electrons. The van der Waals surface area contributed by atoms with Gasteiger partial charge in [0.15, 0.2) is 0 Å². The second kappa shape index (κ2) is 4.80. The van der Waals surface area contributed by atoms with Crippen LogP contribution in [-0.4, -0.2) is 5.97 Å². The highest BCUT2D eigenvalue weighted by atomic mass is 79.9. The SMILES string of the molecule is Cc1ccc(C(=O)Oc2ccc(Br)cc2)s1. The lowest BCUT2D eigenvalue weighted by Gasteiger charge is -2.01. The van der Waals surface area contributed by atoms with E-state index in [4.69, 9.17) is 4.74 Å². The molecule has 0 aliphatic heterocycles. The van der Waals surface area contributed by atoms with Crippen LogP contribution in [0.2, 0.25) is 0 Å². The van der Waals surface area contributed by atoms with E-state index in [1.54, 1.807) is 18.2 Å². The Morgan fingerprint density at radius 1 is 1.19 bits per heavy atom. The Kier molecular flexibility index (Phi) is 3.41. The molecule has 0 saturated heterocycles. The molecular formula is C12H9BrO2S. The summed E-state index contributed by atoms with van der Waals surface area (Å²) < 4.78 is 6.18. The molecule has 2 aromatic rings. The molecule has 2 rings (SSSR count). The number of hydrogen-bond acceptors (Lipinski definition) is 3. The molecule has 1 heterocycles. The van der Waals surface area contributed by atoms with Gasteiger partial charge in [-0.3, -0.25) is 0 Å². The molecule has 0 unspecified atom stereocenters. The van der Waals surface area contributed by atoms with E-state index in [2.05, 4.69) is 15.9 Å². The van der Waals surface area contributed by atoms with Crippen LogP contribution in [0.15, 0.2) is 40.9 Å². The van der Waals surface area contributed by atoms with E-state index in [9.17, 15) is 4.79 Å². The maximum absolute atomic E-state index is 11.7. The first-order chi connectivity index (χ1) is 7.65. The van der Waals surface area contributed by atoms with Crippen molar-refractivity contribution in [2.75, 3.05) is 0 Å². The van der Waals surface area contributed by atoms with Gasteiger partial charge in [-0.2, -0.15) is 0 Å². The average Bonchev–Trinajstić information content (AvgIpc) is 2.68. The predicted octanol–water partition coefficient (Wildman–Crippen LogP) is 4.04. The Balaban J connectivity index is 2.10. The summed E-state index contributed by atoms with van der Waals surface area (Å²) in [7, 11) is 0. The van der Waals surface area contributed by atoms with E-state index >= 15 is 0 Å². The standard InChI is InChI=1S/C12H9BrO2S/c1-8-2-7-11(16-8)12(14)15-10-5-3-9(13)4-6-10/h2-7H,1H3. The van der Waals surface area contributed by atoms with Crippen molar-refractivity contribution in [2.45, 2.75) is 6.92 Å². The first kappa shape index (κ1) is 11.4. The third-order valence-corrected chi connectivity index (χ3v) is 3.48. The third kappa shape index (κ3) is 2.71. The number of benzene rings is 1. The maximum Gasteiger partial charge on any atom is 0.353 e. The van der Waals surface area contributed by atoms with Crippen molar-refractivity contribution < 1.29 is 9.53 Å². The maximum atomic E-state index is 11.7. The lowest BCUT2D eigenvalue weighted by atomic mass is 10.3. The van der Waals surface area contributed by atoms with Crippen molar-refractivity contribution in [1.82, 2.24) is 0 Å². The molecule has 0 atom stereocenters. The van der Waals surface area contributed by atoms with Gasteiger partial charge in [-0.1, -0.05) is 15.9 Å². The second-order valence-corrected chi connectivity index (χ2v) is 5.46. The summed E-state index contributed by atoms with van der Waals surface area (Å²) in [6, 6.07) is 10.9. The van der Waals surface area contributed by atoms with Crippen LogP contribution in [0.1, 0.15) is 14.5 Å². The van der Waals surface area contributed by atoms with Crippen molar-refractivity contribution in [3.63, 3.8) is 0 Å². The fraction of sp³-hybridized carbons (Fsp3) is 0.0833. The Labute approximate surface area is 106 Å². The first-order valence-electron chi connectivity index (χ1n) is 4.69. The summed E-state index contributed by atoms with van der Waals surface area (Å²) in [4.78, 5) is 13.4. The number of rotatable bonds is 2. The first-order valence-corrected chi connectivity index (χ1v) is 6.30. The molecule has 0 aliphatic rings. The van der Waals surface area contributed by atoms with Gasteiger partial charge in [0.2, 0.25) is 0 Å². The summed E-state index contributed by atoms with van der Waals surface area (Å²) in [5, 5.41) is 0. The number of ether oxygens (including phenoxy) is 1. The molecule has 0 amide bonds. The quantitative estimate of drug-likeness (QED) is 0.618. The average molecular weight is 297 g/mol. The van der Waals surface area contributed by atoms with Crippen molar-refractivity contribution in [2.24, 2.45) is 0 Å². The van der Waals surface area contributed by atoms with Gasteiger partial charge in [0.05, 0.1) is 0 Å². The molecule has 0 aliphatic carbocycles. The van der Waals surface area contributed by atoms with E-state index in [1.165, 1.54) is 11.3 Å². The van der Waals surface area contributed by atoms with Gasteiger partial charge in [-0.15, -0.1) is 11.3 Å². The number of esters is 1. The van der Waals surface area contributed by atoms with Crippen molar-refractivity contribution in [3.05, 3.63) is 50.6 Å². The number of aryl methyl sites for hydroxylation is 1. The lowest BCUT2D eigenvalue weighted by Crippen LogP contribution is -2.05. The Morgan fingerprint density at radius 2 is 1.88 bits per heavy atom. The Bertz CT molecular complexity index is 502. The number of halogens is 1. The van der Waals surface area contributed by atoms with Crippen LogP contribution >= 0.6 is 27.3 Å². The molecule has 2 nitrogen and oxygen atoms in total. The monoisotopic (exact) mass is 296 g/mol. The summed E-state index contributed by atoms with van der Waals surface area (Å²) in [5.41, 5.74) is 0. The van der Waals surface area contributed by atoms with Gasteiger partial charge in [0.1, 0.15) is 10.6 Å². The van der Waals surface area contributed by atoms with Gasteiger partial charge >= 0.3 is 5.97 Å². The minimum Gasteiger partial charge on any atom is -0.422 e. The van der Waals surface area contributed by atoms with Gasteiger partial charge in [0.25, 0.3) is 0 Å². The highest BCUT2D eigenvalue weighted by Gasteiger charge is 2.10. The normalized spacial score (nSPS) is 10.1. The summed E-state index contributed by atoms with van der Waals surface area (Å²) in [6.45, 7) is 1.96. The van der Waals surface area contributed by atoms with Crippen molar-refractivity contribution in [3.8, 4) is 5.75 Å².